The molecule has 8 heteroatoms. The zero-order valence-electron chi connectivity index (χ0n) is 22.0. The zero-order valence-corrected chi connectivity index (χ0v) is 22.9. The van der Waals surface area contributed by atoms with E-state index in [1.807, 2.05) is 53.4 Å². The Kier molecular flexibility index (Phi) is 9.80. The first-order valence-electron chi connectivity index (χ1n) is 13.2. The van der Waals surface area contributed by atoms with Gasteiger partial charge in [-0.3, -0.25) is 14.5 Å². The summed E-state index contributed by atoms with van der Waals surface area (Å²) in [6.07, 6.45) is 2.31. The highest BCUT2D eigenvalue weighted by atomic mass is 32.1. The van der Waals surface area contributed by atoms with Crippen LogP contribution in [0.2, 0.25) is 0 Å². The summed E-state index contributed by atoms with van der Waals surface area (Å²) in [5, 5.41) is 3.32. The second kappa shape index (κ2) is 13.7. The van der Waals surface area contributed by atoms with Gasteiger partial charge in [0.15, 0.2) is 5.11 Å². The molecule has 0 spiro atoms. The SMILES string of the molecule is CCOC(=O)c1ccc(NC(=O)CC2C(=O)N(CCc3ccccc3)C(=S)N2CCCc2ccccc2)cc1. The van der Waals surface area contributed by atoms with E-state index in [-0.39, 0.29) is 18.2 Å². The van der Waals surface area contributed by atoms with Crippen molar-refractivity contribution in [2.45, 2.75) is 38.6 Å². The fraction of sp³-hybridized carbons (Fsp3) is 0.290. The van der Waals surface area contributed by atoms with Crippen molar-refractivity contribution in [2.24, 2.45) is 0 Å². The van der Waals surface area contributed by atoms with Crippen LogP contribution in [0.5, 0.6) is 0 Å². The molecule has 0 aromatic heterocycles. The number of amides is 2. The van der Waals surface area contributed by atoms with E-state index >= 15 is 0 Å². The Morgan fingerprint density at radius 1 is 0.872 bits per heavy atom. The second-order valence-corrected chi connectivity index (χ2v) is 9.72. The maximum atomic E-state index is 13.5. The van der Waals surface area contributed by atoms with Crippen molar-refractivity contribution in [1.82, 2.24) is 9.80 Å². The normalized spacial score (nSPS) is 14.9. The molecule has 202 valence electrons. The molecule has 1 saturated heterocycles. The lowest BCUT2D eigenvalue weighted by Crippen LogP contribution is -2.38. The molecule has 0 aliphatic carbocycles. The summed E-state index contributed by atoms with van der Waals surface area (Å²) in [4.78, 5) is 42.0. The molecule has 1 aliphatic heterocycles. The molecule has 0 bridgehead atoms. The number of aryl methyl sites for hydroxylation is 1. The Balaban J connectivity index is 1.42. The van der Waals surface area contributed by atoms with Crippen LogP contribution >= 0.6 is 12.2 Å². The van der Waals surface area contributed by atoms with E-state index in [1.165, 1.54) is 5.56 Å². The molecular formula is C31H33N3O4S. The van der Waals surface area contributed by atoms with Gasteiger partial charge in [0.25, 0.3) is 5.91 Å². The van der Waals surface area contributed by atoms with E-state index in [0.29, 0.717) is 42.5 Å². The van der Waals surface area contributed by atoms with Gasteiger partial charge < -0.3 is 15.0 Å². The number of nitrogens with zero attached hydrogens (tertiary/aromatic N) is 2. The van der Waals surface area contributed by atoms with Gasteiger partial charge in [0.1, 0.15) is 6.04 Å². The molecule has 0 radical (unpaired) electrons. The zero-order chi connectivity index (χ0) is 27.6. The van der Waals surface area contributed by atoms with Crippen molar-refractivity contribution in [3.63, 3.8) is 0 Å². The molecule has 1 atom stereocenters. The maximum absolute atomic E-state index is 13.5. The smallest absolute Gasteiger partial charge is 0.338 e. The number of nitrogens with one attached hydrogen (secondary N) is 1. The van der Waals surface area contributed by atoms with E-state index in [2.05, 4.69) is 17.4 Å². The summed E-state index contributed by atoms with van der Waals surface area (Å²) in [5.41, 5.74) is 3.29. The lowest BCUT2D eigenvalue weighted by Gasteiger charge is -2.24. The van der Waals surface area contributed by atoms with Crippen LogP contribution in [0, 0.1) is 0 Å². The maximum Gasteiger partial charge on any atom is 0.338 e. The van der Waals surface area contributed by atoms with Crippen molar-refractivity contribution in [1.29, 1.82) is 0 Å². The molecule has 3 aromatic rings. The highest BCUT2D eigenvalue weighted by molar-refractivity contribution is 7.80. The van der Waals surface area contributed by atoms with E-state index in [0.717, 1.165) is 18.4 Å². The van der Waals surface area contributed by atoms with Gasteiger partial charge in [0.05, 0.1) is 18.6 Å². The lowest BCUT2D eigenvalue weighted by molar-refractivity contribution is -0.130. The number of hydrogen-bond donors (Lipinski definition) is 1. The third-order valence-corrected chi connectivity index (χ3v) is 7.09. The molecular weight excluding hydrogens is 510 g/mol. The molecule has 0 saturated carbocycles. The fourth-order valence-corrected chi connectivity index (χ4v) is 5.03. The Morgan fingerprint density at radius 3 is 2.10 bits per heavy atom. The third-order valence-electron chi connectivity index (χ3n) is 6.64. The summed E-state index contributed by atoms with van der Waals surface area (Å²) >= 11 is 5.76. The van der Waals surface area contributed by atoms with Crippen molar-refractivity contribution in [3.05, 3.63) is 102 Å². The monoisotopic (exact) mass is 543 g/mol. The minimum Gasteiger partial charge on any atom is -0.462 e. The number of rotatable bonds is 12. The average Bonchev–Trinajstić information content (AvgIpc) is 3.17. The van der Waals surface area contributed by atoms with Crippen molar-refractivity contribution in [2.75, 3.05) is 25.0 Å². The van der Waals surface area contributed by atoms with E-state index in [4.69, 9.17) is 17.0 Å². The molecule has 7 nitrogen and oxygen atoms in total. The molecule has 1 fully saturated rings. The lowest BCUT2D eigenvalue weighted by atomic mass is 10.1. The number of carbonyl (C=O) groups is 3. The largest absolute Gasteiger partial charge is 0.462 e. The van der Waals surface area contributed by atoms with E-state index < -0.39 is 12.0 Å². The first-order valence-corrected chi connectivity index (χ1v) is 13.6. The average molecular weight is 544 g/mol. The summed E-state index contributed by atoms with van der Waals surface area (Å²) in [6, 6.07) is 26.0. The molecule has 3 aromatic carbocycles. The van der Waals surface area contributed by atoms with Gasteiger partial charge in [0, 0.05) is 18.8 Å². The number of benzene rings is 3. The molecule has 1 heterocycles. The minimum atomic E-state index is -0.664. The summed E-state index contributed by atoms with van der Waals surface area (Å²) in [5.74, 6) is -0.858. The van der Waals surface area contributed by atoms with Crippen LogP contribution in [-0.2, 0) is 27.2 Å². The van der Waals surface area contributed by atoms with Crippen LogP contribution in [0.3, 0.4) is 0 Å². The number of thiocarbonyl (C=S) groups is 1. The summed E-state index contributed by atoms with van der Waals surface area (Å²) in [7, 11) is 0. The van der Waals surface area contributed by atoms with Gasteiger partial charge in [-0.15, -0.1) is 0 Å². The number of carbonyl (C=O) groups excluding carboxylic acids is 3. The minimum absolute atomic E-state index is 0.0220. The topological polar surface area (TPSA) is 78.9 Å². The number of anilines is 1. The van der Waals surface area contributed by atoms with Gasteiger partial charge in [0.2, 0.25) is 5.91 Å². The van der Waals surface area contributed by atoms with E-state index in [9.17, 15) is 14.4 Å². The third kappa shape index (κ3) is 7.51. The molecule has 1 unspecified atom stereocenters. The second-order valence-electron chi connectivity index (χ2n) is 9.36. The highest BCUT2D eigenvalue weighted by Crippen LogP contribution is 2.23. The highest BCUT2D eigenvalue weighted by Gasteiger charge is 2.42. The molecule has 39 heavy (non-hydrogen) atoms. The Bertz CT molecular complexity index is 1280. The first kappa shape index (κ1) is 28.0. The fourth-order valence-electron chi connectivity index (χ4n) is 4.63. The van der Waals surface area contributed by atoms with Crippen LogP contribution < -0.4 is 5.32 Å². The molecule has 4 rings (SSSR count). The van der Waals surface area contributed by atoms with Gasteiger partial charge in [-0.25, -0.2) is 4.79 Å². The van der Waals surface area contributed by atoms with Crippen LogP contribution in [-0.4, -0.2) is 58.4 Å². The Hall–Kier alpha value is -4.04. The summed E-state index contributed by atoms with van der Waals surface area (Å²) < 4.78 is 5.00. The Labute approximate surface area is 234 Å². The standard InChI is InChI=1S/C31H33N3O4S/c1-2-38-30(37)25-15-17-26(18-16-25)32-28(35)22-27-29(36)34(21-19-24-12-7-4-8-13-24)31(39)33(27)20-9-14-23-10-5-3-6-11-23/h3-8,10-13,15-18,27H,2,9,14,19-22H2,1H3,(H,32,35). The van der Waals surface area contributed by atoms with Crippen LogP contribution in [0.25, 0.3) is 0 Å². The number of ether oxygens (including phenoxy) is 1. The predicted octanol–water partition coefficient (Wildman–Crippen LogP) is 4.87. The number of hydrogen-bond acceptors (Lipinski definition) is 5. The van der Waals surface area contributed by atoms with E-state index in [1.54, 1.807) is 36.1 Å². The van der Waals surface area contributed by atoms with Crippen molar-refractivity contribution < 1.29 is 19.1 Å². The van der Waals surface area contributed by atoms with Gasteiger partial charge in [-0.2, -0.15) is 0 Å². The molecule has 1 N–H and O–H groups in total. The van der Waals surface area contributed by atoms with Crippen LogP contribution in [0.15, 0.2) is 84.9 Å². The molecule has 2 amide bonds. The predicted molar refractivity (Wildman–Crippen MR) is 155 cm³/mol. The molecule has 1 aliphatic rings. The van der Waals surface area contributed by atoms with Gasteiger partial charge in [-0.05, 0) is 73.8 Å². The van der Waals surface area contributed by atoms with Crippen molar-refractivity contribution >= 4 is 40.8 Å². The summed E-state index contributed by atoms with van der Waals surface area (Å²) in [6.45, 7) is 3.08. The van der Waals surface area contributed by atoms with Crippen LogP contribution in [0.1, 0.15) is 41.3 Å². The van der Waals surface area contributed by atoms with Gasteiger partial charge >= 0.3 is 5.97 Å². The van der Waals surface area contributed by atoms with Gasteiger partial charge in [-0.1, -0.05) is 60.7 Å². The Morgan fingerprint density at radius 2 is 1.49 bits per heavy atom. The van der Waals surface area contributed by atoms with Crippen molar-refractivity contribution in [3.8, 4) is 0 Å². The first-order chi connectivity index (χ1) is 19.0. The quantitative estimate of drug-likeness (QED) is 0.260. The number of esters is 1. The van der Waals surface area contributed by atoms with Crippen LogP contribution in [0.4, 0.5) is 5.69 Å².